The minimum Gasteiger partial charge on any atom is -0.459 e. The van der Waals surface area contributed by atoms with Crippen LogP contribution in [0.2, 0.25) is 0 Å². The van der Waals surface area contributed by atoms with E-state index >= 15 is 0 Å². The number of hydrogen-bond acceptors (Lipinski definition) is 5. The number of hydrogen-bond donors (Lipinski definition) is 1. The van der Waals surface area contributed by atoms with Crippen LogP contribution in [-0.4, -0.2) is 14.9 Å². The first-order valence-corrected chi connectivity index (χ1v) is 6.29. The van der Waals surface area contributed by atoms with Gasteiger partial charge in [-0.2, -0.15) is 4.68 Å². The average molecular weight is 308 g/mol. The Hall–Kier alpha value is -2.74. The second-order valence-corrected chi connectivity index (χ2v) is 4.51. The lowest BCUT2D eigenvalue weighted by atomic mass is 10.1. The third-order valence-corrected chi connectivity index (χ3v) is 3.01. The Morgan fingerprint density at radius 1 is 1.32 bits per heavy atom. The molecule has 2 aromatic heterocycles. The maximum absolute atomic E-state index is 13.6. The van der Waals surface area contributed by atoms with Gasteiger partial charge in [-0.1, -0.05) is 6.07 Å². The van der Waals surface area contributed by atoms with Crippen LogP contribution in [0.4, 0.5) is 8.78 Å². The van der Waals surface area contributed by atoms with Gasteiger partial charge in [-0.15, -0.1) is 5.10 Å². The van der Waals surface area contributed by atoms with Gasteiger partial charge in [0.1, 0.15) is 17.7 Å². The van der Waals surface area contributed by atoms with E-state index < -0.39 is 23.5 Å². The van der Waals surface area contributed by atoms with E-state index in [4.69, 9.17) is 8.83 Å². The van der Waals surface area contributed by atoms with Crippen molar-refractivity contribution in [3.05, 3.63) is 64.3 Å². The van der Waals surface area contributed by atoms with Gasteiger partial charge in [0.15, 0.2) is 5.76 Å². The van der Waals surface area contributed by atoms with Gasteiger partial charge < -0.3 is 13.9 Å². The first kappa shape index (κ1) is 14.2. The van der Waals surface area contributed by atoms with E-state index in [1.165, 1.54) is 6.26 Å². The Morgan fingerprint density at radius 2 is 2.14 bits per heavy atom. The Morgan fingerprint density at radius 3 is 2.82 bits per heavy atom. The molecule has 8 heteroatoms. The molecule has 114 valence electrons. The van der Waals surface area contributed by atoms with Crippen molar-refractivity contribution in [2.24, 2.45) is 0 Å². The molecule has 0 aliphatic rings. The zero-order chi connectivity index (χ0) is 15.7. The standard InChI is InChI=1S/C14H10F2N2O4/c15-8-3-4-9(10(16)6-8)11(19)7-18-14(20)22-13(17-18)12-2-1-5-21-12/h1-6,11,19H,7H2. The quantitative estimate of drug-likeness (QED) is 0.798. The number of aliphatic hydroxyl groups is 1. The van der Waals surface area contributed by atoms with Crippen molar-refractivity contribution in [1.82, 2.24) is 9.78 Å². The minimum absolute atomic E-state index is 0.0539. The summed E-state index contributed by atoms with van der Waals surface area (Å²) in [5, 5.41) is 13.8. The lowest BCUT2D eigenvalue weighted by Gasteiger charge is -2.10. The fraction of sp³-hybridized carbons (Fsp3) is 0.143. The lowest BCUT2D eigenvalue weighted by Crippen LogP contribution is -2.21. The Labute approximate surface area is 122 Å². The highest BCUT2D eigenvalue weighted by atomic mass is 19.1. The second kappa shape index (κ2) is 5.57. The molecule has 0 amide bonds. The number of furan rings is 1. The molecule has 0 saturated heterocycles. The zero-order valence-electron chi connectivity index (χ0n) is 11.1. The summed E-state index contributed by atoms with van der Waals surface area (Å²) < 4.78 is 37.2. The second-order valence-electron chi connectivity index (χ2n) is 4.51. The average Bonchev–Trinajstić information content (AvgIpc) is 3.09. The molecule has 22 heavy (non-hydrogen) atoms. The summed E-state index contributed by atoms with van der Waals surface area (Å²) >= 11 is 0. The first-order valence-electron chi connectivity index (χ1n) is 6.29. The summed E-state index contributed by atoms with van der Waals surface area (Å²) in [6, 6.07) is 5.91. The zero-order valence-corrected chi connectivity index (χ0v) is 11.1. The number of aromatic nitrogens is 2. The lowest BCUT2D eigenvalue weighted by molar-refractivity contribution is 0.144. The first-order chi connectivity index (χ1) is 10.5. The predicted octanol–water partition coefficient (Wildman–Crippen LogP) is 2.11. The fourth-order valence-corrected chi connectivity index (χ4v) is 1.96. The molecule has 6 nitrogen and oxygen atoms in total. The maximum Gasteiger partial charge on any atom is 0.437 e. The molecule has 1 unspecified atom stereocenters. The van der Waals surface area contributed by atoms with Crippen LogP contribution in [-0.2, 0) is 6.54 Å². The molecular weight excluding hydrogens is 298 g/mol. The SMILES string of the molecule is O=c1oc(-c2ccco2)nn1CC(O)c1ccc(F)cc1F. The largest absolute Gasteiger partial charge is 0.459 e. The van der Waals surface area contributed by atoms with Crippen LogP contribution in [0.5, 0.6) is 0 Å². The number of halogens is 2. The van der Waals surface area contributed by atoms with Crippen molar-refractivity contribution in [2.75, 3.05) is 0 Å². The molecule has 2 heterocycles. The minimum atomic E-state index is -1.38. The van der Waals surface area contributed by atoms with Crippen LogP contribution >= 0.6 is 0 Å². The van der Waals surface area contributed by atoms with Gasteiger partial charge in [0.05, 0.1) is 12.8 Å². The highest BCUT2D eigenvalue weighted by Crippen LogP contribution is 2.20. The van der Waals surface area contributed by atoms with Crippen molar-refractivity contribution in [3.63, 3.8) is 0 Å². The summed E-state index contributed by atoms with van der Waals surface area (Å²) in [6.07, 6.45) is 0.00438. The topological polar surface area (TPSA) is 81.4 Å². The van der Waals surface area contributed by atoms with Crippen LogP contribution in [0.3, 0.4) is 0 Å². The van der Waals surface area contributed by atoms with Gasteiger partial charge in [-0.25, -0.2) is 13.6 Å². The van der Waals surface area contributed by atoms with Gasteiger partial charge in [-0.05, 0) is 18.2 Å². The van der Waals surface area contributed by atoms with Gasteiger partial charge in [-0.3, -0.25) is 0 Å². The molecule has 3 rings (SSSR count). The van der Waals surface area contributed by atoms with Crippen molar-refractivity contribution in [2.45, 2.75) is 12.6 Å². The van der Waals surface area contributed by atoms with Gasteiger partial charge in [0.25, 0.3) is 5.89 Å². The van der Waals surface area contributed by atoms with Crippen molar-refractivity contribution < 1.29 is 22.7 Å². The monoisotopic (exact) mass is 308 g/mol. The fourth-order valence-electron chi connectivity index (χ4n) is 1.96. The Bertz CT molecular complexity index is 839. The highest BCUT2D eigenvalue weighted by molar-refractivity contribution is 5.42. The maximum atomic E-state index is 13.6. The van der Waals surface area contributed by atoms with Crippen molar-refractivity contribution >= 4 is 0 Å². The molecule has 1 atom stereocenters. The van der Waals surface area contributed by atoms with E-state index in [0.29, 0.717) is 6.07 Å². The molecule has 0 aliphatic heterocycles. The Balaban J connectivity index is 1.85. The van der Waals surface area contributed by atoms with E-state index in [9.17, 15) is 18.7 Å². The number of nitrogens with zero attached hydrogens (tertiary/aromatic N) is 2. The molecule has 1 N–H and O–H groups in total. The number of rotatable bonds is 4. The van der Waals surface area contributed by atoms with Crippen LogP contribution in [0, 0.1) is 11.6 Å². The summed E-state index contributed by atoms with van der Waals surface area (Å²) in [5.41, 5.74) is -0.143. The molecule has 3 aromatic rings. The van der Waals surface area contributed by atoms with E-state index in [2.05, 4.69) is 5.10 Å². The predicted molar refractivity (Wildman–Crippen MR) is 69.8 cm³/mol. The van der Waals surface area contributed by atoms with E-state index in [1.807, 2.05) is 0 Å². The number of benzene rings is 1. The number of aliphatic hydroxyl groups excluding tert-OH is 1. The van der Waals surface area contributed by atoms with Crippen molar-refractivity contribution in [1.29, 1.82) is 0 Å². The molecule has 0 bridgehead atoms. The van der Waals surface area contributed by atoms with Gasteiger partial charge in [0.2, 0.25) is 0 Å². The van der Waals surface area contributed by atoms with Gasteiger partial charge in [0, 0.05) is 11.6 Å². The normalized spacial score (nSPS) is 12.5. The van der Waals surface area contributed by atoms with Crippen LogP contribution in [0.25, 0.3) is 11.7 Å². The van der Waals surface area contributed by atoms with Crippen LogP contribution in [0.15, 0.2) is 50.2 Å². The molecular formula is C14H10F2N2O4. The van der Waals surface area contributed by atoms with Crippen LogP contribution < -0.4 is 5.76 Å². The summed E-state index contributed by atoms with van der Waals surface area (Å²) in [6.45, 7) is -0.342. The van der Waals surface area contributed by atoms with Gasteiger partial charge >= 0.3 is 5.76 Å². The molecule has 0 fully saturated rings. The smallest absolute Gasteiger partial charge is 0.437 e. The van der Waals surface area contributed by atoms with Crippen LogP contribution in [0.1, 0.15) is 11.7 Å². The Kier molecular flexibility index (Phi) is 3.60. The van der Waals surface area contributed by atoms with E-state index in [-0.39, 0.29) is 23.8 Å². The molecule has 0 radical (unpaired) electrons. The third-order valence-electron chi connectivity index (χ3n) is 3.01. The van der Waals surface area contributed by atoms with E-state index in [0.717, 1.165) is 16.8 Å². The van der Waals surface area contributed by atoms with Crippen molar-refractivity contribution in [3.8, 4) is 11.7 Å². The molecule has 0 spiro atoms. The molecule has 0 aliphatic carbocycles. The van der Waals surface area contributed by atoms with E-state index in [1.54, 1.807) is 12.1 Å². The summed E-state index contributed by atoms with van der Waals surface area (Å²) in [5.74, 6) is -2.30. The third kappa shape index (κ3) is 2.68. The highest BCUT2D eigenvalue weighted by Gasteiger charge is 2.19. The molecule has 1 aromatic carbocycles. The summed E-state index contributed by atoms with van der Waals surface area (Å²) in [4.78, 5) is 11.7. The molecule has 0 saturated carbocycles. The summed E-state index contributed by atoms with van der Waals surface area (Å²) in [7, 11) is 0.